The van der Waals surface area contributed by atoms with Gasteiger partial charge in [0.15, 0.2) is 0 Å². The van der Waals surface area contributed by atoms with E-state index in [2.05, 4.69) is 5.32 Å². The molecule has 0 heterocycles. The van der Waals surface area contributed by atoms with Crippen LogP contribution in [0.25, 0.3) is 0 Å². The number of carbonyl (C=O) groups is 1. The first-order valence-corrected chi connectivity index (χ1v) is 6.06. The van der Waals surface area contributed by atoms with Crippen molar-refractivity contribution < 1.29 is 4.79 Å². The zero-order valence-corrected chi connectivity index (χ0v) is 9.75. The molecule has 2 atom stereocenters. The largest absolute Gasteiger partial charge is 0.354 e. The minimum absolute atomic E-state index is 0.241. The van der Waals surface area contributed by atoms with E-state index in [1.807, 2.05) is 13.8 Å². The van der Waals surface area contributed by atoms with Crippen molar-refractivity contribution in [3.05, 3.63) is 0 Å². The van der Waals surface area contributed by atoms with E-state index < -0.39 is 0 Å². The molecule has 0 spiro atoms. The van der Waals surface area contributed by atoms with E-state index >= 15 is 0 Å². The van der Waals surface area contributed by atoms with Crippen LogP contribution >= 0.6 is 0 Å². The van der Waals surface area contributed by atoms with E-state index in [1.54, 1.807) is 0 Å². The first-order chi connectivity index (χ1) is 6.99. The van der Waals surface area contributed by atoms with Gasteiger partial charge in [0.2, 0.25) is 5.91 Å². The smallest absolute Gasteiger partial charge is 0.223 e. The Bertz CT molecular complexity index is 245. The first kappa shape index (κ1) is 10.9. The van der Waals surface area contributed by atoms with E-state index in [-0.39, 0.29) is 11.4 Å². The number of hydrogen-bond donors (Lipinski definition) is 2. The van der Waals surface area contributed by atoms with Gasteiger partial charge in [-0.2, -0.15) is 0 Å². The summed E-state index contributed by atoms with van der Waals surface area (Å²) in [5.74, 6) is 1.94. The lowest BCUT2D eigenvalue weighted by Crippen LogP contribution is -2.45. The number of amides is 1. The topological polar surface area (TPSA) is 55.1 Å². The average Bonchev–Trinajstić information content (AvgIpc) is 2.87. The van der Waals surface area contributed by atoms with Crippen molar-refractivity contribution in [3.8, 4) is 0 Å². The highest BCUT2D eigenvalue weighted by molar-refractivity contribution is 5.82. The molecule has 1 amide bonds. The third kappa shape index (κ3) is 2.51. The third-order valence-electron chi connectivity index (χ3n) is 3.68. The number of rotatable bonds is 3. The normalized spacial score (nSPS) is 34.5. The lowest BCUT2D eigenvalue weighted by Gasteiger charge is -2.18. The number of nitrogens with one attached hydrogen (secondary N) is 1. The van der Waals surface area contributed by atoms with Gasteiger partial charge in [-0.25, -0.2) is 0 Å². The Morgan fingerprint density at radius 2 is 1.87 bits per heavy atom. The molecular weight excluding hydrogens is 188 g/mol. The molecule has 0 radical (unpaired) electrons. The minimum atomic E-state index is -0.296. The Balaban J connectivity index is 1.78. The molecule has 3 N–H and O–H groups in total. The highest BCUT2D eigenvalue weighted by Gasteiger charge is 2.54. The molecule has 2 aliphatic rings. The Labute approximate surface area is 91.8 Å². The zero-order chi connectivity index (χ0) is 11.1. The molecule has 0 aromatic rings. The van der Waals surface area contributed by atoms with Crippen molar-refractivity contribution >= 4 is 5.91 Å². The van der Waals surface area contributed by atoms with Crippen molar-refractivity contribution in [2.75, 3.05) is 6.54 Å². The molecule has 2 rings (SSSR count). The molecule has 15 heavy (non-hydrogen) atoms. The molecule has 2 aliphatic carbocycles. The van der Waals surface area contributed by atoms with Gasteiger partial charge >= 0.3 is 0 Å². The summed E-state index contributed by atoms with van der Waals surface area (Å²) in [5.41, 5.74) is 5.54. The second-order valence-corrected chi connectivity index (χ2v) is 5.84. The standard InChI is InChI=1S/C12H22N2O/c1-12(2,13)7-14-11(15)10-8-5-3-4-6-9(8)10/h8-10H,3-7,13H2,1-2H3,(H,14,15). The van der Waals surface area contributed by atoms with Crippen LogP contribution in [0.4, 0.5) is 0 Å². The first-order valence-electron chi connectivity index (χ1n) is 6.06. The molecule has 0 saturated heterocycles. The van der Waals surface area contributed by atoms with Gasteiger partial charge in [0.05, 0.1) is 0 Å². The van der Waals surface area contributed by atoms with Crippen molar-refractivity contribution in [1.82, 2.24) is 5.32 Å². The van der Waals surface area contributed by atoms with Crippen LogP contribution in [0, 0.1) is 17.8 Å². The third-order valence-corrected chi connectivity index (χ3v) is 3.68. The molecule has 3 heteroatoms. The molecule has 3 nitrogen and oxygen atoms in total. The van der Waals surface area contributed by atoms with Gasteiger partial charge in [-0.3, -0.25) is 4.79 Å². The van der Waals surface area contributed by atoms with E-state index in [0.717, 1.165) is 0 Å². The van der Waals surface area contributed by atoms with Gasteiger partial charge in [0.25, 0.3) is 0 Å². The van der Waals surface area contributed by atoms with Crippen LogP contribution in [-0.4, -0.2) is 18.0 Å². The summed E-state index contributed by atoms with van der Waals surface area (Å²) >= 11 is 0. The van der Waals surface area contributed by atoms with Crippen LogP contribution in [0.1, 0.15) is 39.5 Å². The highest BCUT2D eigenvalue weighted by atomic mass is 16.2. The molecule has 2 saturated carbocycles. The molecule has 2 fully saturated rings. The highest BCUT2D eigenvalue weighted by Crippen LogP contribution is 2.55. The Morgan fingerprint density at radius 1 is 1.33 bits per heavy atom. The summed E-state index contributed by atoms with van der Waals surface area (Å²) in [4.78, 5) is 11.9. The van der Waals surface area contributed by atoms with Crippen LogP contribution in [0.5, 0.6) is 0 Å². The monoisotopic (exact) mass is 210 g/mol. The van der Waals surface area contributed by atoms with Gasteiger partial charge in [-0.05, 0) is 38.5 Å². The fraction of sp³-hybridized carbons (Fsp3) is 0.917. The molecule has 0 aliphatic heterocycles. The lowest BCUT2D eigenvalue weighted by atomic mass is 10.0. The average molecular weight is 210 g/mol. The number of nitrogens with two attached hydrogens (primary N) is 1. The summed E-state index contributed by atoms with van der Waals surface area (Å²) in [6, 6.07) is 0. The fourth-order valence-corrected chi connectivity index (χ4v) is 2.81. The zero-order valence-electron chi connectivity index (χ0n) is 9.75. The maximum Gasteiger partial charge on any atom is 0.223 e. The van der Waals surface area contributed by atoms with Crippen molar-refractivity contribution in [1.29, 1.82) is 0 Å². The summed E-state index contributed by atoms with van der Waals surface area (Å²) in [7, 11) is 0. The summed E-state index contributed by atoms with van der Waals surface area (Å²) < 4.78 is 0. The second kappa shape index (κ2) is 3.78. The van der Waals surface area contributed by atoms with Crippen LogP contribution in [0.3, 0.4) is 0 Å². The van der Waals surface area contributed by atoms with E-state index in [1.165, 1.54) is 25.7 Å². The summed E-state index contributed by atoms with van der Waals surface area (Å²) in [6.45, 7) is 4.46. The van der Waals surface area contributed by atoms with Crippen LogP contribution in [-0.2, 0) is 4.79 Å². The number of fused-ring (bicyclic) bond motifs is 1. The van der Waals surface area contributed by atoms with Gasteiger partial charge in [-0.1, -0.05) is 12.8 Å². The maximum absolute atomic E-state index is 11.9. The van der Waals surface area contributed by atoms with E-state index in [4.69, 9.17) is 5.73 Å². The van der Waals surface area contributed by atoms with E-state index in [0.29, 0.717) is 24.3 Å². The maximum atomic E-state index is 11.9. The molecule has 2 unspecified atom stereocenters. The van der Waals surface area contributed by atoms with Gasteiger partial charge < -0.3 is 11.1 Å². The lowest BCUT2D eigenvalue weighted by molar-refractivity contribution is -0.123. The van der Waals surface area contributed by atoms with Crippen molar-refractivity contribution in [2.45, 2.75) is 45.1 Å². The molecule has 86 valence electrons. The molecule has 0 bridgehead atoms. The molecule has 0 aromatic carbocycles. The predicted octanol–water partition coefficient (Wildman–Crippen LogP) is 1.28. The van der Waals surface area contributed by atoms with Gasteiger partial charge in [0, 0.05) is 18.0 Å². The van der Waals surface area contributed by atoms with E-state index in [9.17, 15) is 4.79 Å². The van der Waals surface area contributed by atoms with Gasteiger partial charge in [0.1, 0.15) is 0 Å². The van der Waals surface area contributed by atoms with Crippen molar-refractivity contribution in [2.24, 2.45) is 23.5 Å². The number of carbonyl (C=O) groups excluding carboxylic acids is 1. The molecule has 0 aromatic heterocycles. The van der Waals surface area contributed by atoms with Crippen molar-refractivity contribution in [3.63, 3.8) is 0 Å². The predicted molar refractivity (Wildman–Crippen MR) is 60.2 cm³/mol. The van der Waals surface area contributed by atoms with Crippen LogP contribution in [0.2, 0.25) is 0 Å². The SMILES string of the molecule is CC(C)(N)CNC(=O)C1C2CCCCC21. The number of hydrogen-bond acceptors (Lipinski definition) is 2. The Hall–Kier alpha value is -0.570. The van der Waals surface area contributed by atoms with Gasteiger partial charge in [-0.15, -0.1) is 0 Å². The molecular formula is C12H22N2O. The van der Waals surface area contributed by atoms with Crippen LogP contribution < -0.4 is 11.1 Å². The second-order valence-electron chi connectivity index (χ2n) is 5.84. The van der Waals surface area contributed by atoms with Crippen LogP contribution in [0.15, 0.2) is 0 Å². The quantitative estimate of drug-likeness (QED) is 0.737. The fourth-order valence-electron chi connectivity index (χ4n) is 2.81. The Morgan fingerprint density at radius 3 is 2.33 bits per heavy atom. The minimum Gasteiger partial charge on any atom is -0.354 e. The Kier molecular flexibility index (Phi) is 2.75. The summed E-state index contributed by atoms with van der Waals surface area (Å²) in [5, 5.41) is 2.98. The summed E-state index contributed by atoms with van der Waals surface area (Å²) in [6.07, 6.45) is 5.14.